The zero-order chi connectivity index (χ0) is 9.84. The van der Waals surface area contributed by atoms with Crippen molar-refractivity contribution in [3.05, 3.63) is 29.1 Å². The molecule has 13 heavy (non-hydrogen) atoms. The maximum atomic E-state index is 12.1. The van der Waals surface area contributed by atoms with E-state index in [1.807, 2.05) is 0 Å². The molecule has 0 spiro atoms. The summed E-state index contributed by atoms with van der Waals surface area (Å²) in [7, 11) is 0. The number of alkyl halides is 3. The molecule has 0 aliphatic carbocycles. The Bertz CT molecular complexity index is 346. The number of pyridine rings is 1. The molecule has 1 heterocycles. The molecule has 68 valence electrons. The van der Waals surface area contributed by atoms with E-state index in [-0.39, 0.29) is 11.4 Å². The van der Waals surface area contributed by atoms with Gasteiger partial charge >= 0.3 is 0 Å². The highest BCUT2D eigenvalue weighted by atomic mass is 79.9. The van der Waals surface area contributed by atoms with Crippen LogP contribution in [0.3, 0.4) is 0 Å². The molecule has 0 aliphatic rings. The number of hydrogen-bond donors (Lipinski definition) is 0. The highest BCUT2D eigenvalue weighted by Gasteiger charge is 2.11. The summed E-state index contributed by atoms with van der Waals surface area (Å²) in [6.07, 6.45) is -2.63. The van der Waals surface area contributed by atoms with E-state index in [9.17, 15) is 8.78 Å². The molecule has 1 aromatic heterocycles. The van der Waals surface area contributed by atoms with Crippen LogP contribution >= 0.6 is 15.9 Å². The summed E-state index contributed by atoms with van der Waals surface area (Å²) in [5, 5.41) is 9.01. The molecule has 0 saturated carbocycles. The minimum atomic E-state index is -2.63. The van der Waals surface area contributed by atoms with Gasteiger partial charge in [0.25, 0.3) is 6.43 Å². The minimum absolute atomic E-state index is 0.0506. The van der Waals surface area contributed by atoms with Gasteiger partial charge < -0.3 is 0 Å². The van der Waals surface area contributed by atoms with Gasteiger partial charge in [0.1, 0.15) is 17.5 Å². The molecule has 0 N–H and O–H groups in total. The first-order valence-corrected chi connectivity index (χ1v) is 4.55. The van der Waals surface area contributed by atoms with E-state index in [0.717, 1.165) is 0 Å². The summed E-state index contributed by atoms with van der Waals surface area (Å²) < 4.78 is 24.3. The van der Waals surface area contributed by atoms with E-state index in [1.165, 1.54) is 12.1 Å². The van der Waals surface area contributed by atoms with E-state index in [1.54, 1.807) is 6.07 Å². The largest absolute Gasteiger partial charge is 0.280 e. The lowest BCUT2D eigenvalue weighted by Gasteiger charge is -2.01. The molecule has 0 aromatic carbocycles. The fourth-order valence-electron chi connectivity index (χ4n) is 0.829. The maximum absolute atomic E-state index is 12.1. The van der Waals surface area contributed by atoms with Crippen LogP contribution in [0.15, 0.2) is 12.1 Å². The monoisotopic (exact) mass is 246 g/mol. The number of rotatable bonds is 2. The van der Waals surface area contributed by atoms with Gasteiger partial charge in [-0.1, -0.05) is 22.0 Å². The second kappa shape index (κ2) is 4.28. The van der Waals surface area contributed by atoms with Gasteiger partial charge in [0.05, 0.1) is 0 Å². The summed E-state index contributed by atoms with van der Waals surface area (Å²) in [5.41, 5.74) is 0.308. The van der Waals surface area contributed by atoms with Crippen LogP contribution in [0.4, 0.5) is 8.78 Å². The summed E-state index contributed by atoms with van der Waals surface area (Å²) in [6, 6.07) is 4.47. The molecule has 0 unspecified atom stereocenters. The SMILES string of the molecule is N#Cc1nc(C(F)F)ccc1CBr. The van der Waals surface area contributed by atoms with Crippen LogP contribution in [0.25, 0.3) is 0 Å². The smallest absolute Gasteiger partial charge is 0.236 e. The van der Waals surface area contributed by atoms with Crippen LogP contribution in [0.2, 0.25) is 0 Å². The van der Waals surface area contributed by atoms with Gasteiger partial charge in [-0.25, -0.2) is 13.8 Å². The average Bonchev–Trinajstić information content (AvgIpc) is 2.16. The van der Waals surface area contributed by atoms with Crippen molar-refractivity contribution in [3.8, 4) is 6.07 Å². The van der Waals surface area contributed by atoms with Crippen LogP contribution in [0, 0.1) is 11.3 Å². The Labute approximate surface area is 82.3 Å². The van der Waals surface area contributed by atoms with Crippen molar-refractivity contribution in [3.63, 3.8) is 0 Å². The Hall–Kier alpha value is -1.02. The molecule has 0 bridgehead atoms. The van der Waals surface area contributed by atoms with Crippen LogP contribution < -0.4 is 0 Å². The molecule has 0 aliphatic heterocycles. The number of aromatic nitrogens is 1. The second-order valence-electron chi connectivity index (χ2n) is 2.29. The van der Waals surface area contributed by atoms with Crippen LogP contribution in [-0.4, -0.2) is 4.98 Å². The molecule has 0 atom stereocenters. The third kappa shape index (κ3) is 2.22. The zero-order valence-corrected chi connectivity index (χ0v) is 8.05. The van der Waals surface area contributed by atoms with Crippen LogP contribution in [0.1, 0.15) is 23.4 Å². The Morgan fingerprint density at radius 2 is 2.23 bits per heavy atom. The second-order valence-corrected chi connectivity index (χ2v) is 2.85. The van der Waals surface area contributed by atoms with Crippen LogP contribution in [-0.2, 0) is 5.33 Å². The normalized spacial score (nSPS) is 10.1. The summed E-state index contributed by atoms with van der Waals surface area (Å²) in [4.78, 5) is 3.52. The van der Waals surface area contributed by atoms with Gasteiger partial charge in [0.15, 0.2) is 0 Å². The predicted octanol–water partition coefficient (Wildman–Crippen LogP) is 2.79. The van der Waals surface area contributed by atoms with Gasteiger partial charge in [-0.15, -0.1) is 0 Å². The van der Waals surface area contributed by atoms with Crippen molar-refractivity contribution >= 4 is 15.9 Å². The first kappa shape index (κ1) is 10.1. The average molecular weight is 247 g/mol. The molecule has 0 fully saturated rings. The van der Waals surface area contributed by atoms with E-state index in [4.69, 9.17) is 5.26 Å². The van der Waals surface area contributed by atoms with Crippen molar-refractivity contribution in [2.45, 2.75) is 11.8 Å². The predicted molar refractivity (Wildman–Crippen MR) is 46.5 cm³/mol. The summed E-state index contributed by atoms with van der Waals surface area (Å²) in [5.74, 6) is 0. The lowest BCUT2D eigenvalue weighted by molar-refractivity contribution is 0.146. The van der Waals surface area contributed by atoms with Gasteiger partial charge in [-0.2, -0.15) is 5.26 Å². The molecular formula is C8H5BrF2N2. The number of nitriles is 1. The quantitative estimate of drug-likeness (QED) is 0.753. The fraction of sp³-hybridized carbons (Fsp3) is 0.250. The first-order chi connectivity index (χ1) is 6.19. The number of halogens is 3. The highest BCUT2D eigenvalue weighted by molar-refractivity contribution is 9.08. The Kier molecular flexibility index (Phi) is 3.32. The lowest BCUT2D eigenvalue weighted by Crippen LogP contribution is -1.96. The van der Waals surface area contributed by atoms with Crippen molar-refractivity contribution in [2.24, 2.45) is 0 Å². The molecular weight excluding hydrogens is 242 g/mol. The third-order valence-electron chi connectivity index (χ3n) is 1.47. The van der Waals surface area contributed by atoms with Gasteiger partial charge in [0.2, 0.25) is 0 Å². The minimum Gasteiger partial charge on any atom is -0.236 e. The van der Waals surface area contributed by atoms with Gasteiger partial charge in [-0.3, -0.25) is 0 Å². The van der Waals surface area contributed by atoms with E-state index in [2.05, 4.69) is 20.9 Å². The first-order valence-electron chi connectivity index (χ1n) is 3.43. The van der Waals surface area contributed by atoms with E-state index >= 15 is 0 Å². The van der Waals surface area contributed by atoms with Gasteiger partial charge in [0, 0.05) is 5.33 Å². The fourth-order valence-corrected chi connectivity index (χ4v) is 1.28. The van der Waals surface area contributed by atoms with Crippen molar-refractivity contribution < 1.29 is 8.78 Å². The van der Waals surface area contributed by atoms with Crippen molar-refractivity contribution in [2.75, 3.05) is 0 Å². The van der Waals surface area contributed by atoms with Crippen LogP contribution in [0.5, 0.6) is 0 Å². The van der Waals surface area contributed by atoms with E-state index in [0.29, 0.717) is 10.9 Å². The molecule has 1 aromatic rings. The molecule has 1 rings (SSSR count). The molecule has 0 saturated heterocycles. The summed E-state index contributed by atoms with van der Waals surface area (Å²) >= 11 is 3.13. The Morgan fingerprint density at radius 3 is 2.69 bits per heavy atom. The molecule has 0 amide bonds. The molecule has 5 heteroatoms. The standard InChI is InChI=1S/C8H5BrF2N2/c9-3-5-1-2-6(8(10)11)13-7(5)4-12/h1-2,8H,3H2. The maximum Gasteiger partial charge on any atom is 0.280 e. The topological polar surface area (TPSA) is 36.7 Å². The van der Waals surface area contributed by atoms with Gasteiger partial charge in [-0.05, 0) is 11.6 Å². The zero-order valence-electron chi connectivity index (χ0n) is 6.47. The lowest BCUT2D eigenvalue weighted by atomic mass is 10.2. The number of nitrogens with zero attached hydrogens (tertiary/aromatic N) is 2. The third-order valence-corrected chi connectivity index (χ3v) is 2.08. The number of hydrogen-bond acceptors (Lipinski definition) is 2. The molecule has 0 radical (unpaired) electrons. The van der Waals surface area contributed by atoms with E-state index < -0.39 is 6.43 Å². The Balaban J connectivity index is 3.15. The van der Waals surface area contributed by atoms with Crippen molar-refractivity contribution in [1.82, 2.24) is 4.98 Å². The summed E-state index contributed by atoms with van der Waals surface area (Å²) in [6.45, 7) is 0. The highest BCUT2D eigenvalue weighted by Crippen LogP contribution is 2.19. The van der Waals surface area contributed by atoms with Crippen molar-refractivity contribution in [1.29, 1.82) is 5.26 Å². The Morgan fingerprint density at radius 1 is 1.54 bits per heavy atom. The molecule has 2 nitrogen and oxygen atoms in total.